The van der Waals surface area contributed by atoms with Gasteiger partial charge in [-0.15, -0.1) is 13.2 Å². The van der Waals surface area contributed by atoms with Crippen LogP contribution in [0.5, 0.6) is 0 Å². The molecule has 0 atom stereocenters. The van der Waals surface area contributed by atoms with Crippen LogP contribution in [0.2, 0.25) is 0 Å². The molecule has 0 fully saturated rings. The molecular weight excluding hydrogens is 240 g/mol. The van der Waals surface area contributed by atoms with Gasteiger partial charge < -0.3 is 0 Å². The second kappa shape index (κ2) is 43.0. The van der Waals surface area contributed by atoms with E-state index in [9.17, 15) is 0 Å². The van der Waals surface area contributed by atoms with Crippen LogP contribution in [0.1, 0.15) is 80.1 Å². The molecule has 0 rings (SSSR count). The normalized spacial score (nSPS) is 8.70. The van der Waals surface area contributed by atoms with Gasteiger partial charge in [-0.2, -0.15) is 0 Å². The second-order valence-electron chi connectivity index (χ2n) is 4.22. The summed E-state index contributed by atoms with van der Waals surface area (Å²) in [6.45, 7) is 19.3. The molecule has 0 radical (unpaired) electrons. The van der Waals surface area contributed by atoms with Gasteiger partial charge in [-0.3, -0.25) is 0 Å². The van der Waals surface area contributed by atoms with E-state index < -0.39 is 0 Å². The molecule has 0 aliphatic carbocycles. The predicted octanol–water partition coefficient (Wildman–Crippen LogP) is 7.89. The van der Waals surface area contributed by atoms with Gasteiger partial charge in [-0.25, -0.2) is 0 Å². The molecular formula is C20H40. The lowest BCUT2D eigenvalue weighted by molar-refractivity contribution is 0.814. The van der Waals surface area contributed by atoms with Crippen LogP contribution in [-0.2, 0) is 0 Å². The highest BCUT2D eigenvalue weighted by atomic mass is 13.8. The summed E-state index contributed by atoms with van der Waals surface area (Å²) in [6, 6.07) is 0. The van der Waals surface area contributed by atoms with Crippen LogP contribution in [0.4, 0.5) is 0 Å². The maximum Gasteiger partial charge on any atom is -0.0351 e. The lowest BCUT2D eigenvalue weighted by Gasteiger charge is -1.83. The summed E-state index contributed by atoms with van der Waals surface area (Å²) in [6.07, 6.45) is 19.7. The molecule has 0 nitrogen and oxygen atoms in total. The topological polar surface area (TPSA) is 0 Å². The predicted molar refractivity (Wildman–Crippen MR) is 100 cm³/mol. The van der Waals surface area contributed by atoms with Gasteiger partial charge in [0, 0.05) is 0 Å². The Hall–Kier alpha value is -1.04. The van der Waals surface area contributed by atoms with Crippen molar-refractivity contribution >= 4 is 0 Å². The molecule has 0 aromatic carbocycles. The molecule has 0 N–H and O–H groups in total. The largest absolute Gasteiger partial charge is 0.103 e. The fourth-order valence-corrected chi connectivity index (χ4v) is 0.837. The van der Waals surface area contributed by atoms with Gasteiger partial charge in [0.15, 0.2) is 0 Å². The minimum absolute atomic E-state index is 1.18. The van der Waals surface area contributed by atoms with Crippen LogP contribution >= 0.6 is 0 Å². The molecule has 0 heterocycles. The second-order valence-corrected chi connectivity index (χ2v) is 4.22. The van der Waals surface area contributed by atoms with Crippen molar-refractivity contribution in [1.82, 2.24) is 0 Å². The first-order valence-corrected chi connectivity index (χ1v) is 8.02. The third-order valence-electron chi connectivity index (χ3n) is 2.06. The van der Waals surface area contributed by atoms with Crippen LogP contribution in [0.3, 0.4) is 0 Å². The number of hydrogen-bond acceptors (Lipinski definition) is 0. The van der Waals surface area contributed by atoms with E-state index in [-0.39, 0.29) is 0 Å². The molecule has 0 unspecified atom stereocenters. The van der Waals surface area contributed by atoms with E-state index in [4.69, 9.17) is 0 Å². The first-order valence-electron chi connectivity index (χ1n) is 8.02. The van der Waals surface area contributed by atoms with Gasteiger partial charge >= 0.3 is 0 Å². The average Bonchev–Trinajstić information content (AvgIpc) is 2.47. The summed E-state index contributed by atoms with van der Waals surface area (Å²) in [4.78, 5) is 0. The van der Waals surface area contributed by atoms with Gasteiger partial charge in [0.2, 0.25) is 0 Å². The van der Waals surface area contributed by atoms with E-state index in [1.807, 2.05) is 39.0 Å². The molecule has 0 amide bonds. The first-order chi connectivity index (χ1) is 9.66. The molecule has 0 aromatic rings. The standard InChI is InChI=1S/C7H14.C6H12.C4H8.C3H6/c1-3-5-7-6-4-2;1-3-5-6-4-2;1-3-4-2;1-3-2/h3,5H,4,6-7H2,1-2H3;3H,1,4-6H2,2H3;3-4H,1-2H3;3H,1H2,2H3/b5-3+;;4-3+;. The van der Waals surface area contributed by atoms with E-state index >= 15 is 0 Å². The zero-order chi connectivity index (χ0) is 16.5. The van der Waals surface area contributed by atoms with E-state index in [0.717, 1.165) is 0 Å². The Morgan fingerprint density at radius 3 is 1.30 bits per heavy atom. The van der Waals surface area contributed by atoms with Crippen LogP contribution in [0.25, 0.3) is 0 Å². The molecule has 20 heavy (non-hydrogen) atoms. The van der Waals surface area contributed by atoms with Crippen LogP contribution < -0.4 is 0 Å². The van der Waals surface area contributed by atoms with Crippen LogP contribution in [0.15, 0.2) is 49.6 Å². The van der Waals surface area contributed by atoms with Crippen molar-refractivity contribution < 1.29 is 0 Å². The molecule has 0 aromatic heterocycles. The average molecular weight is 281 g/mol. The Morgan fingerprint density at radius 2 is 1.10 bits per heavy atom. The van der Waals surface area contributed by atoms with Crippen molar-refractivity contribution in [3.63, 3.8) is 0 Å². The summed E-state index contributed by atoms with van der Waals surface area (Å²) in [7, 11) is 0. The molecule has 0 aliphatic heterocycles. The number of unbranched alkanes of at least 4 members (excludes halogenated alkanes) is 4. The van der Waals surface area contributed by atoms with Crippen molar-refractivity contribution in [2.24, 2.45) is 0 Å². The minimum Gasteiger partial charge on any atom is -0.103 e. The monoisotopic (exact) mass is 280 g/mol. The van der Waals surface area contributed by atoms with Crippen molar-refractivity contribution in [3.8, 4) is 0 Å². The van der Waals surface area contributed by atoms with Crippen LogP contribution in [-0.4, -0.2) is 0 Å². The van der Waals surface area contributed by atoms with Gasteiger partial charge in [0.25, 0.3) is 0 Å². The molecule has 0 saturated heterocycles. The number of rotatable bonds is 6. The highest BCUT2D eigenvalue weighted by Crippen LogP contribution is 1.93. The fraction of sp³-hybridized carbons (Fsp3) is 0.600. The lowest BCUT2D eigenvalue weighted by Crippen LogP contribution is -1.63. The first kappa shape index (κ1) is 27.3. The third-order valence-corrected chi connectivity index (χ3v) is 2.06. The van der Waals surface area contributed by atoms with Gasteiger partial charge in [-0.1, -0.05) is 76.0 Å². The summed E-state index contributed by atoms with van der Waals surface area (Å²) in [5, 5.41) is 0. The lowest BCUT2D eigenvalue weighted by atomic mass is 10.2. The Morgan fingerprint density at radius 1 is 0.700 bits per heavy atom. The van der Waals surface area contributed by atoms with Crippen molar-refractivity contribution in [2.75, 3.05) is 0 Å². The zero-order valence-corrected chi connectivity index (χ0v) is 15.1. The fourth-order valence-electron chi connectivity index (χ4n) is 0.837. The Kier molecular flexibility index (Phi) is 58.8. The van der Waals surface area contributed by atoms with Crippen molar-refractivity contribution in [1.29, 1.82) is 0 Å². The summed E-state index contributed by atoms with van der Waals surface area (Å²) < 4.78 is 0. The highest BCUT2D eigenvalue weighted by Gasteiger charge is 1.73. The Labute approximate surface area is 130 Å². The van der Waals surface area contributed by atoms with Gasteiger partial charge in [0.1, 0.15) is 0 Å². The summed E-state index contributed by atoms with van der Waals surface area (Å²) in [5.41, 5.74) is 0. The number of hydrogen-bond donors (Lipinski definition) is 0. The van der Waals surface area contributed by atoms with Gasteiger partial charge in [0.05, 0.1) is 0 Å². The molecule has 120 valence electrons. The molecule has 0 spiro atoms. The zero-order valence-electron chi connectivity index (χ0n) is 15.1. The molecule has 0 aliphatic rings. The quantitative estimate of drug-likeness (QED) is 0.343. The van der Waals surface area contributed by atoms with E-state index in [1.54, 1.807) is 6.08 Å². The maximum absolute atomic E-state index is 3.60. The maximum atomic E-state index is 3.60. The highest BCUT2D eigenvalue weighted by molar-refractivity contribution is 4.75. The molecule has 0 heteroatoms. The van der Waals surface area contributed by atoms with Gasteiger partial charge in [-0.05, 0) is 40.5 Å². The Balaban J connectivity index is -0.0000000899. The number of allylic oxidation sites excluding steroid dienone is 6. The summed E-state index contributed by atoms with van der Waals surface area (Å²) >= 11 is 0. The molecule has 0 saturated carbocycles. The van der Waals surface area contributed by atoms with Crippen molar-refractivity contribution in [3.05, 3.63) is 49.6 Å². The SMILES string of the molecule is C/C=C/C.C/C=C/CCCC.C=CC.C=CCCCC. The van der Waals surface area contributed by atoms with E-state index in [1.165, 1.54) is 38.5 Å². The Bertz CT molecular complexity index is 180. The van der Waals surface area contributed by atoms with Crippen molar-refractivity contribution in [2.45, 2.75) is 80.1 Å². The smallest absolute Gasteiger partial charge is 0.0351 e. The third kappa shape index (κ3) is 89.2. The van der Waals surface area contributed by atoms with E-state index in [2.05, 4.69) is 46.1 Å². The minimum atomic E-state index is 1.18. The molecule has 0 bridgehead atoms. The summed E-state index contributed by atoms with van der Waals surface area (Å²) in [5.74, 6) is 0. The van der Waals surface area contributed by atoms with E-state index in [0.29, 0.717) is 0 Å². The van der Waals surface area contributed by atoms with Crippen LogP contribution in [0, 0.1) is 0 Å².